The summed E-state index contributed by atoms with van der Waals surface area (Å²) in [6, 6.07) is 15.3. The number of oxazole rings is 1. The number of ether oxygens (including phenoxy) is 1. The second kappa shape index (κ2) is 7.13. The summed E-state index contributed by atoms with van der Waals surface area (Å²) in [5.74, 6) is 1.16. The van der Waals surface area contributed by atoms with Gasteiger partial charge in [0.25, 0.3) is 0 Å². The van der Waals surface area contributed by atoms with Gasteiger partial charge in [0.15, 0.2) is 10.7 Å². The highest BCUT2D eigenvalue weighted by Gasteiger charge is 2.10. The summed E-state index contributed by atoms with van der Waals surface area (Å²) in [5.41, 5.74) is 2.41. The van der Waals surface area contributed by atoms with Crippen molar-refractivity contribution in [1.82, 2.24) is 14.1 Å². The Hall–Kier alpha value is -2.93. The lowest BCUT2D eigenvalue weighted by Crippen LogP contribution is -2.15. The van der Waals surface area contributed by atoms with Crippen LogP contribution in [-0.2, 0) is 6.54 Å². The molecule has 0 spiro atoms. The molecule has 4 aromatic rings. The Morgan fingerprint density at radius 1 is 1.19 bits per heavy atom. The highest BCUT2D eigenvalue weighted by atomic mass is 32.2. The minimum atomic E-state index is -0.331. The fourth-order valence-corrected chi connectivity index (χ4v) is 3.70. The van der Waals surface area contributed by atoms with E-state index < -0.39 is 0 Å². The van der Waals surface area contributed by atoms with Gasteiger partial charge in [-0.25, -0.2) is 9.78 Å². The molecular formula is C19H17N3O3S. The fraction of sp³-hybridized carbons (Fsp3) is 0.158. The van der Waals surface area contributed by atoms with Gasteiger partial charge in [-0.3, -0.25) is 9.13 Å². The summed E-state index contributed by atoms with van der Waals surface area (Å²) in [4.78, 5) is 16.5. The molecular weight excluding hydrogens is 350 g/mol. The molecule has 0 saturated heterocycles. The maximum absolute atomic E-state index is 12.0. The maximum Gasteiger partial charge on any atom is 0.419 e. The van der Waals surface area contributed by atoms with Crippen LogP contribution in [0.3, 0.4) is 0 Å². The minimum absolute atomic E-state index is 0.331. The van der Waals surface area contributed by atoms with Crippen LogP contribution < -0.4 is 10.5 Å². The van der Waals surface area contributed by atoms with E-state index in [4.69, 9.17) is 9.15 Å². The molecule has 2 aromatic heterocycles. The molecule has 0 aliphatic rings. The van der Waals surface area contributed by atoms with Crippen LogP contribution in [0.5, 0.6) is 5.75 Å². The second-order valence-corrected chi connectivity index (χ2v) is 6.68. The Balaban J connectivity index is 1.52. The third-order valence-electron chi connectivity index (χ3n) is 4.06. The molecule has 0 saturated carbocycles. The molecule has 0 unspecified atom stereocenters. The number of aryl methyl sites for hydroxylation is 1. The van der Waals surface area contributed by atoms with Crippen LogP contribution in [0.25, 0.3) is 16.8 Å². The van der Waals surface area contributed by atoms with Gasteiger partial charge >= 0.3 is 5.76 Å². The zero-order valence-electron chi connectivity index (χ0n) is 14.2. The van der Waals surface area contributed by atoms with Crippen molar-refractivity contribution in [2.45, 2.75) is 11.7 Å². The normalized spacial score (nSPS) is 11.1. The number of hydrogen-bond donors (Lipinski definition) is 0. The number of nitrogens with zero attached hydrogens (tertiary/aromatic N) is 3. The van der Waals surface area contributed by atoms with Crippen LogP contribution in [-0.4, -0.2) is 27.0 Å². The minimum Gasteiger partial charge on any atom is -0.497 e. The molecule has 0 aliphatic heterocycles. The first-order valence-electron chi connectivity index (χ1n) is 8.15. The quantitative estimate of drug-likeness (QED) is 0.488. The first kappa shape index (κ1) is 16.5. The maximum atomic E-state index is 12.0. The highest BCUT2D eigenvalue weighted by Crippen LogP contribution is 2.23. The highest BCUT2D eigenvalue weighted by molar-refractivity contribution is 7.99. The van der Waals surface area contributed by atoms with Gasteiger partial charge in [0.2, 0.25) is 0 Å². The number of aromatic nitrogens is 3. The number of fused-ring (bicyclic) bond motifs is 1. The largest absolute Gasteiger partial charge is 0.497 e. The Kier molecular flexibility index (Phi) is 4.53. The van der Waals surface area contributed by atoms with E-state index in [1.165, 1.54) is 0 Å². The molecule has 2 aromatic carbocycles. The second-order valence-electron chi connectivity index (χ2n) is 5.62. The van der Waals surface area contributed by atoms with E-state index in [1.54, 1.807) is 35.7 Å². The zero-order valence-corrected chi connectivity index (χ0v) is 15.0. The Bertz CT molecular complexity index is 1100. The molecule has 4 rings (SSSR count). The van der Waals surface area contributed by atoms with Crippen LogP contribution in [0.2, 0.25) is 0 Å². The van der Waals surface area contributed by atoms with Crippen molar-refractivity contribution in [3.63, 3.8) is 0 Å². The lowest BCUT2D eigenvalue weighted by Gasteiger charge is -2.09. The Morgan fingerprint density at radius 2 is 2.08 bits per heavy atom. The lowest BCUT2D eigenvalue weighted by atomic mass is 10.3. The summed E-state index contributed by atoms with van der Waals surface area (Å²) < 4.78 is 14.2. The fourth-order valence-electron chi connectivity index (χ4n) is 2.81. The van der Waals surface area contributed by atoms with Gasteiger partial charge < -0.3 is 9.15 Å². The summed E-state index contributed by atoms with van der Waals surface area (Å²) in [6.07, 6.45) is 3.68. The SMILES string of the molecule is COc1cccc(-n2ccnc2SCCn2c(=O)oc3ccccc32)c1. The molecule has 0 aliphatic carbocycles. The predicted octanol–water partition coefficient (Wildman–Crippen LogP) is 3.58. The number of para-hydroxylation sites is 2. The smallest absolute Gasteiger partial charge is 0.419 e. The van der Waals surface area contributed by atoms with Crippen LogP contribution in [0.4, 0.5) is 0 Å². The summed E-state index contributed by atoms with van der Waals surface area (Å²) in [6.45, 7) is 0.547. The zero-order chi connectivity index (χ0) is 17.9. The van der Waals surface area contributed by atoms with Crippen LogP contribution in [0, 0.1) is 0 Å². The van der Waals surface area contributed by atoms with Crippen molar-refractivity contribution >= 4 is 22.9 Å². The Morgan fingerprint density at radius 3 is 2.96 bits per heavy atom. The standard InChI is InChI=1S/C19H17N3O3S/c1-24-15-6-4-5-14(13-15)21-10-9-20-18(21)26-12-11-22-16-7-2-3-8-17(16)25-19(22)23/h2-10,13H,11-12H2,1H3. The van der Waals surface area contributed by atoms with E-state index in [-0.39, 0.29) is 5.76 Å². The average molecular weight is 367 g/mol. The molecule has 2 heterocycles. The summed E-state index contributed by atoms with van der Waals surface area (Å²) in [7, 11) is 1.65. The van der Waals surface area contributed by atoms with E-state index in [1.807, 2.05) is 53.2 Å². The number of benzene rings is 2. The Labute approximate surface area is 154 Å². The molecule has 26 heavy (non-hydrogen) atoms. The van der Waals surface area contributed by atoms with Gasteiger partial charge in [-0.1, -0.05) is 30.0 Å². The van der Waals surface area contributed by atoms with Crippen molar-refractivity contribution in [3.8, 4) is 11.4 Å². The van der Waals surface area contributed by atoms with Gasteiger partial charge in [0.1, 0.15) is 5.75 Å². The monoisotopic (exact) mass is 367 g/mol. The third-order valence-corrected chi connectivity index (χ3v) is 5.01. The molecule has 0 radical (unpaired) electrons. The number of imidazole rings is 1. The van der Waals surface area contributed by atoms with E-state index in [2.05, 4.69) is 4.98 Å². The van der Waals surface area contributed by atoms with E-state index in [0.29, 0.717) is 17.9 Å². The van der Waals surface area contributed by atoms with Crippen molar-refractivity contribution in [2.75, 3.05) is 12.9 Å². The molecule has 0 fully saturated rings. The van der Waals surface area contributed by atoms with E-state index in [9.17, 15) is 4.79 Å². The van der Waals surface area contributed by atoms with Crippen molar-refractivity contribution < 1.29 is 9.15 Å². The van der Waals surface area contributed by atoms with Crippen molar-refractivity contribution in [3.05, 3.63) is 71.5 Å². The molecule has 0 bridgehead atoms. The van der Waals surface area contributed by atoms with Crippen LogP contribution in [0.1, 0.15) is 0 Å². The predicted molar refractivity (Wildman–Crippen MR) is 101 cm³/mol. The van der Waals surface area contributed by atoms with Gasteiger partial charge in [0.05, 0.1) is 18.3 Å². The first-order chi connectivity index (χ1) is 12.8. The number of methoxy groups -OCH3 is 1. The topological polar surface area (TPSA) is 62.2 Å². The van der Waals surface area contributed by atoms with Gasteiger partial charge in [-0.15, -0.1) is 0 Å². The van der Waals surface area contributed by atoms with E-state index >= 15 is 0 Å². The molecule has 6 nitrogen and oxygen atoms in total. The summed E-state index contributed by atoms with van der Waals surface area (Å²) >= 11 is 1.59. The van der Waals surface area contributed by atoms with Gasteiger partial charge in [-0.05, 0) is 24.3 Å². The van der Waals surface area contributed by atoms with Crippen LogP contribution >= 0.6 is 11.8 Å². The number of thioether (sulfide) groups is 1. The average Bonchev–Trinajstić information content (AvgIpc) is 3.26. The van der Waals surface area contributed by atoms with E-state index in [0.717, 1.165) is 22.1 Å². The van der Waals surface area contributed by atoms with Crippen LogP contribution in [0.15, 0.2) is 75.3 Å². The van der Waals surface area contributed by atoms with Crippen molar-refractivity contribution in [1.29, 1.82) is 0 Å². The van der Waals surface area contributed by atoms with Gasteiger partial charge in [0, 0.05) is 30.8 Å². The molecule has 7 heteroatoms. The number of hydrogen-bond acceptors (Lipinski definition) is 5. The molecule has 132 valence electrons. The lowest BCUT2D eigenvalue weighted by molar-refractivity contribution is 0.414. The first-order valence-corrected chi connectivity index (χ1v) is 9.14. The number of rotatable bonds is 6. The molecule has 0 amide bonds. The van der Waals surface area contributed by atoms with Gasteiger partial charge in [-0.2, -0.15) is 0 Å². The summed E-state index contributed by atoms with van der Waals surface area (Å²) in [5, 5.41) is 0.860. The molecule has 0 atom stereocenters. The van der Waals surface area contributed by atoms with Crippen molar-refractivity contribution in [2.24, 2.45) is 0 Å². The third kappa shape index (κ3) is 3.13. The molecule has 0 N–H and O–H groups in total.